The van der Waals surface area contributed by atoms with E-state index in [0.29, 0.717) is 24.3 Å². The van der Waals surface area contributed by atoms with Gasteiger partial charge in [-0.2, -0.15) is 0 Å². The molecule has 6 heteroatoms. The van der Waals surface area contributed by atoms with Gasteiger partial charge in [-0.15, -0.1) is 0 Å². The molecule has 6 nitrogen and oxygen atoms in total. The molecule has 1 fully saturated rings. The number of aliphatic hydroxyl groups excluding tert-OH is 1. The van der Waals surface area contributed by atoms with Crippen molar-refractivity contribution in [1.29, 1.82) is 0 Å². The predicted octanol–water partition coefficient (Wildman–Crippen LogP) is 0.641. The third kappa shape index (κ3) is 2.86. The minimum absolute atomic E-state index is 0.0120. The highest BCUT2D eigenvalue weighted by Gasteiger charge is 2.27. The molecule has 2 atom stereocenters. The van der Waals surface area contributed by atoms with Crippen molar-refractivity contribution in [2.45, 2.75) is 19.1 Å². The summed E-state index contributed by atoms with van der Waals surface area (Å²) in [4.78, 5) is 13.7. The molecule has 0 radical (unpaired) electrons. The maximum Gasteiger partial charge on any atom is 0.340 e. The number of carbonyl (C=O) groups excluding carboxylic acids is 1. The minimum atomic E-state index is -0.454. The normalized spacial score (nSPS) is 22.6. The first-order valence-electron chi connectivity index (χ1n) is 6.54. The molecule has 1 heterocycles. The molecule has 0 amide bonds. The molecule has 2 unspecified atom stereocenters. The van der Waals surface area contributed by atoms with Gasteiger partial charge in [-0.25, -0.2) is 4.79 Å². The molecule has 1 aliphatic heterocycles. The first-order chi connectivity index (χ1) is 9.56. The van der Waals surface area contributed by atoms with Gasteiger partial charge in [0.15, 0.2) is 0 Å². The number of hydrogen-bond acceptors (Lipinski definition) is 6. The molecule has 0 bridgehead atoms. The Kier molecular flexibility index (Phi) is 4.46. The molecular formula is C14H20N2O4. The van der Waals surface area contributed by atoms with Crippen LogP contribution in [0.5, 0.6) is 0 Å². The Morgan fingerprint density at radius 2 is 2.30 bits per heavy atom. The lowest BCUT2D eigenvalue weighted by atomic mass is 10.1. The van der Waals surface area contributed by atoms with Gasteiger partial charge in [-0.1, -0.05) is 6.07 Å². The number of nitrogens with zero attached hydrogens (tertiary/aromatic N) is 1. The van der Waals surface area contributed by atoms with Crippen molar-refractivity contribution in [3.8, 4) is 0 Å². The summed E-state index contributed by atoms with van der Waals surface area (Å²) in [5.74, 6) is -0.454. The van der Waals surface area contributed by atoms with Crippen LogP contribution in [0.3, 0.4) is 0 Å². The molecule has 110 valence electrons. The van der Waals surface area contributed by atoms with Crippen LogP contribution in [0.15, 0.2) is 18.2 Å². The SMILES string of the molecule is COC(=O)c1cccc(N2CC(C)OC(CO)C2)c1N. The molecule has 0 spiro atoms. The fourth-order valence-electron chi connectivity index (χ4n) is 2.46. The van der Waals surface area contributed by atoms with E-state index in [2.05, 4.69) is 0 Å². The third-order valence-corrected chi connectivity index (χ3v) is 3.36. The number of carbonyl (C=O) groups is 1. The Hall–Kier alpha value is -1.79. The van der Waals surface area contributed by atoms with Crippen LogP contribution in [0.1, 0.15) is 17.3 Å². The average molecular weight is 280 g/mol. The summed E-state index contributed by atoms with van der Waals surface area (Å²) in [5, 5.41) is 9.27. The van der Waals surface area contributed by atoms with Crippen LogP contribution in [0, 0.1) is 0 Å². The van der Waals surface area contributed by atoms with Crippen molar-refractivity contribution in [1.82, 2.24) is 0 Å². The van der Waals surface area contributed by atoms with Gasteiger partial charge in [0.2, 0.25) is 0 Å². The smallest absolute Gasteiger partial charge is 0.340 e. The number of esters is 1. The van der Waals surface area contributed by atoms with E-state index >= 15 is 0 Å². The molecule has 0 aromatic heterocycles. The fraction of sp³-hybridized carbons (Fsp3) is 0.500. The predicted molar refractivity (Wildman–Crippen MR) is 75.8 cm³/mol. The number of morpholine rings is 1. The maximum absolute atomic E-state index is 11.7. The van der Waals surface area contributed by atoms with Gasteiger partial charge in [0.05, 0.1) is 42.9 Å². The van der Waals surface area contributed by atoms with Crippen LogP contribution in [-0.2, 0) is 9.47 Å². The lowest BCUT2D eigenvalue weighted by Gasteiger charge is -2.38. The number of nitrogen functional groups attached to an aromatic ring is 1. The summed E-state index contributed by atoms with van der Waals surface area (Å²) in [7, 11) is 1.33. The van der Waals surface area contributed by atoms with E-state index < -0.39 is 5.97 Å². The zero-order valence-electron chi connectivity index (χ0n) is 11.7. The number of aliphatic hydroxyl groups is 1. The van der Waals surface area contributed by atoms with Crippen LogP contribution in [0.25, 0.3) is 0 Å². The molecule has 2 rings (SSSR count). The van der Waals surface area contributed by atoms with E-state index in [9.17, 15) is 9.90 Å². The lowest BCUT2D eigenvalue weighted by Crippen LogP contribution is -2.48. The Labute approximate surface area is 118 Å². The van der Waals surface area contributed by atoms with Crippen molar-refractivity contribution in [3.05, 3.63) is 23.8 Å². The second kappa shape index (κ2) is 6.11. The standard InChI is InChI=1S/C14H20N2O4/c1-9-6-16(7-10(8-17)20-9)12-5-3-4-11(13(12)15)14(18)19-2/h3-5,9-10,17H,6-8,15H2,1-2H3. The van der Waals surface area contributed by atoms with Crippen molar-refractivity contribution in [3.63, 3.8) is 0 Å². The van der Waals surface area contributed by atoms with Crippen molar-refractivity contribution in [2.75, 3.05) is 37.4 Å². The van der Waals surface area contributed by atoms with Gasteiger partial charge in [-0.05, 0) is 19.1 Å². The molecule has 0 saturated carbocycles. The third-order valence-electron chi connectivity index (χ3n) is 3.36. The van der Waals surface area contributed by atoms with Crippen LogP contribution in [0.2, 0.25) is 0 Å². The maximum atomic E-state index is 11.7. The average Bonchev–Trinajstić information content (AvgIpc) is 2.46. The van der Waals surface area contributed by atoms with Gasteiger partial charge < -0.3 is 25.2 Å². The van der Waals surface area contributed by atoms with E-state index in [4.69, 9.17) is 15.2 Å². The number of nitrogens with two attached hydrogens (primary N) is 1. The first-order valence-corrected chi connectivity index (χ1v) is 6.54. The Morgan fingerprint density at radius 1 is 1.55 bits per heavy atom. The highest BCUT2D eigenvalue weighted by Crippen LogP contribution is 2.29. The minimum Gasteiger partial charge on any atom is -0.465 e. The van der Waals surface area contributed by atoms with Gasteiger partial charge in [-0.3, -0.25) is 0 Å². The highest BCUT2D eigenvalue weighted by atomic mass is 16.5. The summed E-state index contributed by atoms with van der Waals surface area (Å²) < 4.78 is 10.3. The summed E-state index contributed by atoms with van der Waals surface area (Å²) >= 11 is 0. The summed E-state index contributed by atoms with van der Waals surface area (Å²) in [6, 6.07) is 5.26. The lowest BCUT2D eigenvalue weighted by molar-refractivity contribution is -0.0420. The molecule has 1 aliphatic rings. The number of rotatable bonds is 3. The van der Waals surface area contributed by atoms with Gasteiger partial charge in [0.1, 0.15) is 0 Å². The van der Waals surface area contributed by atoms with Crippen molar-refractivity contribution >= 4 is 17.3 Å². The molecular weight excluding hydrogens is 260 g/mol. The van der Waals surface area contributed by atoms with E-state index in [0.717, 1.165) is 5.69 Å². The number of benzene rings is 1. The second-order valence-electron chi connectivity index (χ2n) is 4.89. The van der Waals surface area contributed by atoms with E-state index in [1.165, 1.54) is 7.11 Å². The summed E-state index contributed by atoms with van der Waals surface area (Å²) in [6.07, 6.45) is -0.262. The van der Waals surface area contributed by atoms with E-state index in [-0.39, 0.29) is 18.8 Å². The van der Waals surface area contributed by atoms with Crippen LogP contribution >= 0.6 is 0 Å². The first kappa shape index (κ1) is 14.6. The Bertz CT molecular complexity index is 492. The van der Waals surface area contributed by atoms with Gasteiger partial charge in [0.25, 0.3) is 0 Å². The van der Waals surface area contributed by atoms with Gasteiger partial charge in [0, 0.05) is 13.1 Å². The fourth-order valence-corrected chi connectivity index (χ4v) is 2.46. The van der Waals surface area contributed by atoms with Crippen molar-refractivity contribution < 1.29 is 19.4 Å². The number of para-hydroxylation sites is 1. The molecule has 20 heavy (non-hydrogen) atoms. The van der Waals surface area contributed by atoms with E-state index in [1.54, 1.807) is 12.1 Å². The zero-order chi connectivity index (χ0) is 14.7. The summed E-state index contributed by atoms with van der Waals surface area (Å²) in [5.41, 5.74) is 7.59. The monoisotopic (exact) mass is 280 g/mol. The van der Waals surface area contributed by atoms with Crippen molar-refractivity contribution in [2.24, 2.45) is 0 Å². The number of methoxy groups -OCH3 is 1. The molecule has 1 aromatic carbocycles. The molecule has 3 N–H and O–H groups in total. The summed E-state index contributed by atoms with van der Waals surface area (Å²) in [6.45, 7) is 3.09. The Balaban J connectivity index is 2.30. The zero-order valence-corrected chi connectivity index (χ0v) is 11.7. The van der Waals surface area contributed by atoms with Gasteiger partial charge >= 0.3 is 5.97 Å². The largest absolute Gasteiger partial charge is 0.465 e. The van der Waals surface area contributed by atoms with Crippen LogP contribution < -0.4 is 10.6 Å². The van der Waals surface area contributed by atoms with E-state index in [1.807, 2.05) is 17.9 Å². The highest BCUT2D eigenvalue weighted by molar-refractivity contribution is 5.98. The van der Waals surface area contributed by atoms with Crippen LogP contribution in [-0.4, -0.2) is 50.1 Å². The quantitative estimate of drug-likeness (QED) is 0.624. The number of ether oxygens (including phenoxy) is 2. The Morgan fingerprint density at radius 3 is 2.95 bits per heavy atom. The second-order valence-corrected chi connectivity index (χ2v) is 4.89. The molecule has 0 aliphatic carbocycles. The van der Waals surface area contributed by atoms with Crippen LogP contribution in [0.4, 0.5) is 11.4 Å². The molecule has 1 saturated heterocycles. The molecule has 1 aromatic rings. The number of hydrogen-bond donors (Lipinski definition) is 2. The number of anilines is 2. The topological polar surface area (TPSA) is 85.0 Å².